The average Bonchev–Trinajstić information content (AvgIpc) is 2.69. The normalized spacial score (nSPS) is 10.0. The molecule has 14 heavy (non-hydrogen) atoms. The van der Waals surface area contributed by atoms with E-state index in [0.717, 1.165) is 23.6 Å². The number of thiazole rings is 1. The van der Waals surface area contributed by atoms with Crippen molar-refractivity contribution in [3.05, 3.63) is 40.8 Å². The molecule has 3 N–H and O–H groups in total. The van der Waals surface area contributed by atoms with Crippen molar-refractivity contribution in [3.8, 4) is 0 Å². The SMILES string of the molecule is Nc1ccccc1NCc1cscn1. The molecule has 0 saturated heterocycles. The van der Waals surface area contributed by atoms with E-state index in [1.165, 1.54) is 0 Å². The van der Waals surface area contributed by atoms with E-state index in [-0.39, 0.29) is 0 Å². The Balaban J connectivity index is 2.02. The summed E-state index contributed by atoms with van der Waals surface area (Å²) in [5.74, 6) is 0. The van der Waals surface area contributed by atoms with Gasteiger partial charge < -0.3 is 11.1 Å². The number of nitrogen functional groups attached to an aromatic ring is 1. The van der Waals surface area contributed by atoms with Crippen LogP contribution in [0, 0.1) is 0 Å². The van der Waals surface area contributed by atoms with Crippen LogP contribution in [0.5, 0.6) is 0 Å². The van der Waals surface area contributed by atoms with Crippen LogP contribution in [0.2, 0.25) is 0 Å². The van der Waals surface area contributed by atoms with Crippen molar-refractivity contribution >= 4 is 22.7 Å². The summed E-state index contributed by atoms with van der Waals surface area (Å²) >= 11 is 1.60. The van der Waals surface area contributed by atoms with Crippen molar-refractivity contribution in [1.82, 2.24) is 4.98 Å². The van der Waals surface area contributed by atoms with Crippen LogP contribution >= 0.6 is 11.3 Å². The predicted molar refractivity (Wildman–Crippen MR) is 60.3 cm³/mol. The number of para-hydroxylation sites is 2. The van der Waals surface area contributed by atoms with Gasteiger partial charge in [-0.3, -0.25) is 0 Å². The molecule has 1 heterocycles. The molecule has 0 aliphatic rings. The molecule has 0 saturated carbocycles. The number of hydrogen-bond donors (Lipinski definition) is 2. The van der Waals surface area contributed by atoms with Gasteiger partial charge in [0, 0.05) is 5.38 Å². The summed E-state index contributed by atoms with van der Waals surface area (Å²) in [6, 6.07) is 7.72. The molecule has 0 spiro atoms. The first-order valence-electron chi connectivity index (χ1n) is 4.32. The van der Waals surface area contributed by atoms with E-state index in [1.807, 2.05) is 35.2 Å². The summed E-state index contributed by atoms with van der Waals surface area (Å²) in [5, 5.41) is 5.25. The second kappa shape index (κ2) is 4.11. The zero-order chi connectivity index (χ0) is 9.80. The third-order valence-corrected chi connectivity index (χ3v) is 2.54. The van der Waals surface area contributed by atoms with Gasteiger partial charge in [-0.05, 0) is 12.1 Å². The molecule has 3 nitrogen and oxygen atoms in total. The first-order chi connectivity index (χ1) is 6.86. The Hall–Kier alpha value is -1.55. The van der Waals surface area contributed by atoms with Crippen molar-refractivity contribution in [2.75, 3.05) is 11.1 Å². The van der Waals surface area contributed by atoms with Gasteiger partial charge in [0.05, 0.1) is 29.1 Å². The molecular weight excluding hydrogens is 194 g/mol. The minimum atomic E-state index is 0.720. The van der Waals surface area contributed by atoms with Crippen molar-refractivity contribution in [2.45, 2.75) is 6.54 Å². The number of benzene rings is 1. The number of nitrogens with one attached hydrogen (secondary N) is 1. The molecule has 0 unspecified atom stereocenters. The highest BCUT2D eigenvalue weighted by Gasteiger charge is 1.97. The van der Waals surface area contributed by atoms with Crippen molar-refractivity contribution < 1.29 is 0 Å². The molecule has 2 rings (SSSR count). The van der Waals surface area contributed by atoms with Crippen molar-refractivity contribution in [2.24, 2.45) is 0 Å². The maximum atomic E-state index is 5.78. The Bertz CT molecular complexity index is 398. The smallest absolute Gasteiger partial charge is 0.0795 e. The monoisotopic (exact) mass is 205 g/mol. The maximum Gasteiger partial charge on any atom is 0.0795 e. The van der Waals surface area contributed by atoms with E-state index in [4.69, 9.17) is 5.73 Å². The molecular formula is C10H11N3S. The molecule has 0 amide bonds. The fraction of sp³-hybridized carbons (Fsp3) is 0.100. The maximum absolute atomic E-state index is 5.78. The van der Waals surface area contributed by atoms with E-state index in [9.17, 15) is 0 Å². The molecule has 4 heteroatoms. The lowest BCUT2D eigenvalue weighted by Crippen LogP contribution is -2.02. The van der Waals surface area contributed by atoms with E-state index >= 15 is 0 Å². The zero-order valence-corrected chi connectivity index (χ0v) is 8.42. The van der Waals surface area contributed by atoms with Gasteiger partial charge in [-0.1, -0.05) is 12.1 Å². The Kier molecular flexibility index (Phi) is 2.65. The fourth-order valence-corrected chi connectivity index (χ4v) is 1.73. The molecule has 0 bridgehead atoms. The Morgan fingerprint density at radius 3 is 2.93 bits per heavy atom. The lowest BCUT2D eigenvalue weighted by molar-refractivity contribution is 1.08. The first kappa shape index (κ1) is 9.02. The third kappa shape index (κ3) is 2.03. The fourth-order valence-electron chi connectivity index (χ4n) is 1.17. The molecule has 72 valence electrons. The van der Waals surface area contributed by atoms with Crippen LogP contribution in [0.3, 0.4) is 0 Å². The highest BCUT2D eigenvalue weighted by molar-refractivity contribution is 7.07. The second-order valence-electron chi connectivity index (χ2n) is 2.92. The lowest BCUT2D eigenvalue weighted by Gasteiger charge is -2.06. The van der Waals surface area contributed by atoms with Gasteiger partial charge in [-0.2, -0.15) is 0 Å². The van der Waals surface area contributed by atoms with E-state index in [1.54, 1.807) is 11.3 Å². The second-order valence-corrected chi connectivity index (χ2v) is 3.64. The van der Waals surface area contributed by atoms with Gasteiger partial charge in [0.15, 0.2) is 0 Å². The molecule has 1 aromatic carbocycles. The number of rotatable bonds is 3. The number of nitrogens with zero attached hydrogens (tertiary/aromatic N) is 1. The number of aromatic nitrogens is 1. The Labute approximate surface area is 86.6 Å². The minimum Gasteiger partial charge on any atom is -0.397 e. The molecule has 2 aromatic rings. The van der Waals surface area contributed by atoms with Crippen LogP contribution in [-0.4, -0.2) is 4.98 Å². The zero-order valence-electron chi connectivity index (χ0n) is 7.60. The summed E-state index contributed by atoms with van der Waals surface area (Å²) < 4.78 is 0. The van der Waals surface area contributed by atoms with Gasteiger partial charge >= 0.3 is 0 Å². The predicted octanol–water partition coefficient (Wildman–Crippen LogP) is 2.34. The molecule has 0 atom stereocenters. The van der Waals surface area contributed by atoms with Gasteiger partial charge in [0.2, 0.25) is 0 Å². The summed E-state index contributed by atoms with van der Waals surface area (Å²) in [4.78, 5) is 4.18. The quantitative estimate of drug-likeness (QED) is 0.756. The van der Waals surface area contributed by atoms with Crippen LogP contribution in [-0.2, 0) is 6.54 Å². The number of anilines is 2. The standard InChI is InChI=1S/C10H11N3S/c11-9-3-1-2-4-10(9)12-5-8-6-14-7-13-8/h1-4,6-7,12H,5,11H2. The minimum absolute atomic E-state index is 0.720. The molecule has 0 aliphatic carbocycles. The average molecular weight is 205 g/mol. The lowest BCUT2D eigenvalue weighted by atomic mass is 10.2. The van der Waals surface area contributed by atoms with Gasteiger partial charge in [-0.15, -0.1) is 11.3 Å². The topological polar surface area (TPSA) is 50.9 Å². The first-order valence-corrected chi connectivity index (χ1v) is 5.26. The van der Waals surface area contributed by atoms with Gasteiger partial charge in [0.25, 0.3) is 0 Å². The van der Waals surface area contributed by atoms with Crippen molar-refractivity contribution in [3.63, 3.8) is 0 Å². The highest BCUT2D eigenvalue weighted by Crippen LogP contribution is 2.17. The third-order valence-electron chi connectivity index (χ3n) is 1.90. The number of nitrogens with two attached hydrogens (primary N) is 1. The van der Waals surface area contributed by atoms with Crippen LogP contribution in [0.25, 0.3) is 0 Å². The highest BCUT2D eigenvalue weighted by atomic mass is 32.1. The summed E-state index contributed by atoms with van der Waals surface area (Å²) in [7, 11) is 0. The van der Waals surface area contributed by atoms with E-state index < -0.39 is 0 Å². The van der Waals surface area contributed by atoms with Crippen LogP contribution in [0.1, 0.15) is 5.69 Å². The van der Waals surface area contributed by atoms with Gasteiger partial charge in [-0.25, -0.2) is 4.98 Å². The summed E-state index contributed by atoms with van der Waals surface area (Å²) in [5.41, 5.74) is 10.4. The largest absolute Gasteiger partial charge is 0.397 e. The number of hydrogen-bond acceptors (Lipinski definition) is 4. The van der Waals surface area contributed by atoms with E-state index in [0.29, 0.717) is 0 Å². The molecule has 0 radical (unpaired) electrons. The van der Waals surface area contributed by atoms with Crippen LogP contribution < -0.4 is 11.1 Å². The molecule has 0 aliphatic heterocycles. The van der Waals surface area contributed by atoms with E-state index in [2.05, 4.69) is 10.3 Å². The molecule has 0 fully saturated rings. The summed E-state index contributed by atoms with van der Waals surface area (Å²) in [6.07, 6.45) is 0. The molecule has 1 aromatic heterocycles. The Morgan fingerprint density at radius 2 is 2.21 bits per heavy atom. The Morgan fingerprint density at radius 1 is 1.36 bits per heavy atom. The summed E-state index contributed by atoms with van der Waals surface area (Å²) in [6.45, 7) is 0.720. The van der Waals surface area contributed by atoms with Crippen LogP contribution in [0.15, 0.2) is 35.2 Å². The van der Waals surface area contributed by atoms with Gasteiger partial charge in [0.1, 0.15) is 0 Å². The van der Waals surface area contributed by atoms with Crippen molar-refractivity contribution in [1.29, 1.82) is 0 Å². The van der Waals surface area contributed by atoms with Crippen LogP contribution in [0.4, 0.5) is 11.4 Å².